The molecule has 0 aliphatic heterocycles. The molecule has 0 saturated carbocycles. The Morgan fingerprint density at radius 1 is 0.647 bits per heavy atom. The highest BCUT2D eigenvalue weighted by atomic mass is 19.2. The molecule has 0 N–H and O–H groups in total. The normalized spacial score (nSPS) is 13.4. The van der Waals surface area contributed by atoms with E-state index in [1.165, 1.54) is 25.7 Å². The van der Waals surface area contributed by atoms with E-state index in [-0.39, 0.29) is 29.8 Å². The maximum absolute atomic E-state index is 14.2. The van der Waals surface area contributed by atoms with E-state index in [1.807, 2.05) is 41.5 Å². The summed E-state index contributed by atoms with van der Waals surface area (Å²) in [5.74, 6) is -4.20. The number of benzene rings is 1. The number of unbranched alkanes of at least 4 members (excludes halogenated alkanes) is 5. The second-order valence-electron chi connectivity index (χ2n) is 10.1. The zero-order valence-corrected chi connectivity index (χ0v) is 22.4. The van der Waals surface area contributed by atoms with E-state index in [1.54, 1.807) is 0 Å². The fourth-order valence-electron chi connectivity index (χ4n) is 4.32. The third-order valence-corrected chi connectivity index (χ3v) is 5.69. The van der Waals surface area contributed by atoms with Crippen molar-refractivity contribution in [3.05, 3.63) is 35.1 Å². The van der Waals surface area contributed by atoms with Crippen LogP contribution in [0.25, 0.3) is 0 Å². The number of aryl methyl sites for hydroxylation is 1. The lowest BCUT2D eigenvalue weighted by Crippen LogP contribution is -2.51. The molecule has 0 heterocycles. The molecule has 6 heteroatoms. The lowest BCUT2D eigenvalue weighted by atomic mass is 9.91. The Morgan fingerprint density at radius 2 is 1.12 bits per heavy atom. The van der Waals surface area contributed by atoms with Crippen LogP contribution in [0.3, 0.4) is 0 Å². The largest absolute Gasteiger partial charge is 0.324 e. The van der Waals surface area contributed by atoms with Gasteiger partial charge in [0.05, 0.1) is 18.3 Å². The zero-order valence-electron chi connectivity index (χ0n) is 22.4. The molecule has 1 aromatic carbocycles. The van der Waals surface area contributed by atoms with Gasteiger partial charge in [0.2, 0.25) is 0 Å². The van der Waals surface area contributed by atoms with Crippen molar-refractivity contribution in [2.24, 2.45) is 5.92 Å². The quantitative estimate of drug-likeness (QED) is 0.117. The average Bonchev–Trinajstić information content (AvgIpc) is 2.71. The molecule has 1 aromatic rings. The van der Waals surface area contributed by atoms with Gasteiger partial charge in [-0.25, -0.2) is 13.2 Å². The standard InChI is InChI=1S/C28H47F3O3/c1-8-9-10-11-12-13-16-24(17-14-15-23-18-26(30)27(31)19-25(23)29)28(32-20(2)3,33-21(4)5)34-22(6)7/h18-22,24H,8-17H2,1-7H3. The maximum atomic E-state index is 14.2. The summed E-state index contributed by atoms with van der Waals surface area (Å²) in [5, 5.41) is 0. The third-order valence-electron chi connectivity index (χ3n) is 5.69. The van der Waals surface area contributed by atoms with Gasteiger partial charge in [-0.1, -0.05) is 45.4 Å². The van der Waals surface area contributed by atoms with Gasteiger partial charge in [-0.2, -0.15) is 0 Å². The molecular formula is C28H47F3O3. The molecule has 0 fully saturated rings. The summed E-state index contributed by atoms with van der Waals surface area (Å²) in [4.78, 5) is 0. The number of halogens is 3. The van der Waals surface area contributed by atoms with Gasteiger partial charge in [-0.05, 0) is 78.9 Å². The van der Waals surface area contributed by atoms with Crippen LogP contribution in [-0.2, 0) is 20.6 Å². The SMILES string of the molecule is CCCCCCCCC(CCCc1cc(F)c(F)cc1F)C(OC(C)C)(OC(C)C)OC(C)C. The monoisotopic (exact) mass is 488 g/mol. The summed E-state index contributed by atoms with van der Waals surface area (Å²) >= 11 is 0. The number of hydrogen-bond acceptors (Lipinski definition) is 3. The zero-order chi connectivity index (χ0) is 25.7. The minimum atomic E-state index is -1.22. The first-order valence-corrected chi connectivity index (χ1v) is 13.2. The van der Waals surface area contributed by atoms with Gasteiger partial charge in [0.25, 0.3) is 5.97 Å². The van der Waals surface area contributed by atoms with Crippen molar-refractivity contribution in [3.8, 4) is 0 Å². The summed E-state index contributed by atoms with van der Waals surface area (Å²) in [6.07, 6.45) is 9.04. The molecule has 0 amide bonds. The van der Waals surface area contributed by atoms with Gasteiger partial charge in [-0.15, -0.1) is 0 Å². The molecule has 1 atom stereocenters. The minimum absolute atomic E-state index is 0.0840. The second kappa shape index (κ2) is 15.8. The van der Waals surface area contributed by atoms with Gasteiger partial charge >= 0.3 is 0 Å². The summed E-state index contributed by atoms with van der Waals surface area (Å²) in [6.45, 7) is 14.0. The first-order chi connectivity index (χ1) is 16.0. The Hall–Kier alpha value is -1.11. The van der Waals surface area contributed by atoms with Gasteiger partial charge in [0.15, 0.2) is 11.6 Å². The van der Waals surface area contributed by atoms with Crippen molar-refractivity contribution in [1.29, 1.82) is 0 Å². The Kier molecular flexibility index (Phi) is 14.4. The van der Waals surface area contributed by atoms with Crippen molar-refractivity contribution in [2.75, 3.05) is 0 Å². The van der Waals surface area contributed by atoms with Crippen molar-refractivity contribution < 1.29 is 27.4 Å². The Balaban J connectivity index is 3.06. The van der Waals surface area contributed by atoms with Crippen molar-refractivity contribution >= 4 is 0 Å². The lowest BCUT2D eigenvalue weighted by Gasteiger charge is -2.43. The van der Waals surface area contributed by atoms with Crippen LogP contribution in [0.2, 0.25) is 0 Å². The van der Waals surface area contributed by atoms with E-state index in [0.29, 0.717) is 25.3 Å². The fraction of sp³-hybridized carbons (Fsp3) is 0.786. The molecule has 3 nitrogen and oxygen atoms in total. The molecular weight excluding hydrogens is 441 g/mol. The van der Waals surface area contributed by atoms with E-state index in [4.69, 9.17) is 14.2 Å². The molecule has 0 radical (unpaired) electrons. The fourth-order valence-corrected chi connectivity index (χ4v) is 4.32. The maximum Gasteiger partial charge on any atom is 0.286 e. The molecule has 34 heavy (non-hydrogen) atoms. The van der Waals surface area contributed by atoms with Gasteiger partial charge in [0.1, 0.15) is 5.82 Å². The highest BCUT2D eigenvalue weighted by Crippen LogP contribution is 2.37. The first-order valence-electron chi connectivity index (χ1n) is 13.2. The summed E-state index contributed by atoms with van der Waals surface area (Å²) in [5.41, 5.74) is 0.183. The Bertz CT molecular complexity index is 665. The van der Waals surface area contributed by atoms with Crippen LogP contribution in [-0.4, -0.2) is 24.3 Å². The first kappa shape index (κ1) is 30.9. The van der Waals surface area contributed by atoms with Crippen molar-refractivity contribution in [2.45, 2.75) is 137 Å². The molecule has 0 aromatic heterocycles. The summed E-state index contributed by atoms with van der Waals surface area (Å²) in [7, 11) is 0. The highest BCUT2D eigenvalue weighted by Gasteiger charge is 2.44. The van der Waals surface area contributed by atoms with E-state index in [2.05, 4.69) is 6.92 Å². The van der Waals surface area contributed by atoms with E-state index in [9.17, 15) is 13.2 Å². The molecule has 0 bridgehead atoms. The topological polar surface area (TPSA) is 27.7 Å². The molecule has 0 saturated heterocycles. The van der Waals surface area contributed by atoms with Crippen LogP contribution >= 0.6 is 0 Å². The van der Waals surface area contributed by atoms with Crippen LogP contribution in [0.4, 0.5) is 13.2 Å². The van der Waals surface area contributed by atoms with E-state index < -0.39 is 23.4 Å². The highest BCUT2D eigenvalue weighted by molar-refractivity contribution is 5.20. The van der Waals surface area contributed by atoms with Crippen LogP contribution in [0.5, 0.6) is 0 Å². The van der Waals surface area contributed by atoms with E-state index in [0.717, 1.165) is 25.3 Å². The van der Waals surface area contributed by atoms with Crippen LogP contribution < -0.4 is 0 Å². The average molecular weight is 489 g/mol. The minimum Gasteiger partial charge on any atom is -0.324 e. The summed E-state index contributed by atoms with van der Waals surface area (Å²) < 4.78 is 60.2. The van der Waals surface area contributed by atoms with Crippen LogP contribution in [0.15, 0.2) is 12.1 Å². The second-order valence-corrected chi connectivity index (χ2v) is 10.1. The molecule has 0 spiro atoms. The predicted molar refractivity (Wildman–Crippen MR) is 132 cm³/mol. The Labute approximate surface area is 205 Å². The molecule has 1 unspecified atom stereocenters. The van der Waals surface area contributed by atoms with Crippen LogP contribution in [0, 0.1) is 23.4 Å². The van der Waals surface area contributed by atoms with Crippen molar-refractivity contribution in [1.82, 2.24) is 0 Å². The molecule has 0 aliphatic carbocycles. The van der Waals surface area contributed by atoms with E-state index >= 15 is 0 Å². The van der Waals surface area contributed by atoms with Crippen LogP contribution in [0.1, 0.15) is 112 Å². The van der Waals surface area contributed by atoms with Gasteiger partial charge < -0.3 is 14.2 Å². The number of rotatable bonds is 18. The smallest absolute Gasteiger partial charge is 0.286 e. The third kappa shape index (κ3) is 11.1. The van der Waals surface area contributed by atoms with Crippen molar-refractivity contribution in [3.63, 3.8) is 0 Å². The Morgan fingerprint density at radius 3 is 1.65 bits per heavy atom. The molecule has 198 valence electrons. The molecule has 0 aliphatic rings. The number of hydrogen-bond donors (Lipinski definition) is 0. The number of ether oxygens (including phenoxy) is 3. The molecule has 1 rings (SSSR count). The summed E-state index contributed by atoms with van der Waals surface area (Å²) in [6, 6.07) is 1.58. The lowest BCUT2D eigenvalue weighted by molar-refractivity contribution is -0.433. The predicted octanol–water partition coefficient (Wildman–Crippen LogP) is 8.72. The van der Waals surface area contributed by atoms with Gasteiger partial charge in [0, 0.05) is 12.0 Å². The van der Waals surface area contributed by atoms with Gasteiger partial charge in [-0.3, -0.25) is 0 Å².